The maximum atomic E-state index is 6.97. The van der Waals surface area contributed by atoms with Gasteiger partial charge in [-0.05, 0) is 0 Å². The summed E-state index contributed by atoms with van der Waals surface area (Å²) in [6.07, 6.45) is 5.77. The van der Waals surface area contributed by atoms with E-state index in [-0.39, 0.29) is 35.6 Å². The van der Waals surface area contributed by atoms with Crippen molar-refractivity contribution in [1.82, 2.24) is 0 Å². The van der Waals surface area contributed by atoms with E-state index in [1.807, 2.05) is 0 Å². The molecule has 1 aliphatic carbocycles. The molecule has 0 heterocycles. The van der Waals surface area contributed by atoms with E-state index < -0.39 is 14.9 Å². The molecule has 0 fully saturated rings. The molecule has 0 spiro atoms. The van der Waals surface area contributed by atoms with Gasteiger partial charge >= 0.3 is 159 Å². The average Bonchev–Trinajstić information content (AvgIpc) is 2.85. The molecule has 1 aromatic carbocycles. The number of allylic oxidation sites excluding steroid dienone is 4. The molecule has 0 saturated carbocycles. The van der Waals surface area contributed by atoms with Gasteiger partial charge in [0.2, 0.25) is 0 Å². The summed E-state index contributed by atoms with van der Waals surface area (Å²) < 4.78 is 8.61. The van der Waals surface area contributed by atoms with E-state index in [4.69, 9.17) is 3.32 Å². The summed E-state index contributed by atoms with van der Waals surface area (Å²) in [5, 5.41) is 4.94. The van der Waals surface area contributed by atoms with Crippen molar-refractivity contribution in [2.24, 2.45) is 5.41 Å². The van der Waals surface area contributed by atoms with Crippen LogP contribution >= 0.6 is 24.8 Å². The maximum absolute atomic E-state index is 6.97. The molecule has 0 aromatic heterocycles. The molecule has 0 radical (unpaired) electrons. The molecule has 1 aromatic rings. The van der Waals surface area contributed by atoms with Crippen LogP contribution in [0.5, 0.6) is 5.75 Å². The van der Waals surface area contributed by atoms with Gasteiger partial charge in [0, 0.05) is 0 Å². The predicted octanol–water partition coefficient (Wildman–Crippen LogP) is 6.76. The second kappa shape index (κ2) is 8.40. The number of benzene rings is 1. The fraction of sp³-hybridized carbons (Fsp3) is 0.545. The Morgan fingerprint density at radius 3 is 1.96 bits per heavy atom. The van der Waals surface area contributed by atoms with Crippen molar-refractivity contribution in [3.8, 4) is 5.75 Å². The largest absolute Gasteiger partial charge is 0.147 e. The zero-order chi connectivity index (χ0) is 19.3. The minimum atomic E-state index is -3.11. The molecule has 0 saturated heterocycles. The van der Waals surface area contributed by atoms with E-state index in [2.05, 4.69) is 89.3 Å². The Labute approximate surface area is 183 Å². The Kier molecular flexibility index (Phi) is 8.40. The van der Waals surface area contributed by atoms with Crippen LogP contribution in [0.1, 0.15) is 59.1 Å². The normalized spacial score (nSPS) is 16.4. The Morgan fingerprint density at radius 2 is 1.48 bits per heavy atom. The molecular weight excluding hydrogens is 427 g/mol. The number of aryl methyl sites for hydroxylation is 1. The molecule has 0 N–H and O–H groups in total. The second-order valence-corrected chi connectivity index (χ2v) is 33.6. The van der Waals surface area contributed by atoms with E-state index in [0.717, 1.165) is 20.3 Å². The van der Waals surface area contributed by atoms with E-state index >= 15 is 0 Å². The zero-order valence-electron chi connectivity index (χ0n) is 18.8. The van der Waals surface area contributed by atoms with Gasteiger partial charge in [0.15, 0.2) is 0 Å². The van der Waals surface area contributed by atoms with Gasteiger partial charge in [0.25, 0.3) is 0 Å². The third-order valence-electron chi connectivity index (χ3n) is 5.16. The third-order valence-corrected chi connectivity index (χ3v) is 13.9. The number of halogens is 2. The quantitative estimate of drug-likeness (QED) is 0.448. The zero-order valence-corrected chi connectivity index (χ0v) is 24.0. The molecule has 0 amide bonds. The molecule has 27 heavy (non-hydrogen) atoms. The van der Waals surface area contributed by atoms with Gasteiger partial charge in [-0.15, -0.1) is 24.8 Å². The van der Waals surface area contributed by atoms with Crippen LogP contribution < -0.4 is 3.32 Å². The Bertz CT molecular complexity index is 744. The molecule has 5 heteroatoms. The average molecular weight is 466 g/mol. The fourth-order valence-corrected chi connectivity index (χ4v) is 11.7. The monoisotopic (exact) mass is 465 g/mol. The van der Waals surface area contributed by atoms with Gasteiger partial charge in [-0.25, -0.2) is 0 Å². The standard InChI is InChI=1S/C11H16O.C9H13.2CH3.2ClH.H3Si.Ti/c1-8-5-9(11(2,3)4)7-10(12)6-8;1-9(2,3)8-6-4-5-7-8;;;;;;/h5-7,12H,1-4H3;4,6H,5H2,1-3H3;2*1H3;2*1H;1H3;/q;;;;;;;+1/p-1. The van der Waals surface area contributed by atoms with Gasteiger partial charge in [-0.3, -0.25) is 0 Å². The molecular formula is C22H39Cl2OSiTi. The Balaban J connectivity index is 0.00000338. The van der Waals surface area contributed by atoms with Crippen molar-refractivity contribution >= 4 is 32.9 Å². The molecule has 0 aliphatic heterocycles. The van der Waals surface area contributed by atoms with Crippen molar-refractivity contribution < 1.29 is 18.3 Å². The summed E-state index contributed by atoms with van der Waals surface area (Å²) in [5.41, 5.74) is 4.51. The number of hydrogen-bond donors (Lipinski definition) is 0. The minimum absolute atomic E-state index is 0. The Morgan fingerprint density at radius 1 is 0.926 bits per heavy atom. The van der Waals surface area contributed by atoms with Crippen molar-refractivity contribution in [2.45, 2.75) is 70.8 Å². The molecule has 0 unspecified atom stereocenters. The van der Waals surface area contributed by atoms with Crippen LogP contribution in [0.3, 0.4) is 0 Å². The van der Waals surface area contributed by atoms with Crippen LogP contribution in [-0.4, -0.2) is 8.11 Å². The SMILES string of the molecule is Cc1cc([O][Ti]([CH3])([CH3])([SiH3])[C]2=C(C(C)(C)C)C=CC2)cc(C(C)(C)C)c1.Cl.Cl. The first-order valence-corrected chi connectivity index (χ1v) is 19.8. The van der Waals surface area contributed by atoms with E-state index in [0.29, 0.717) is 0 Å². The summed E-state index contributed by atoms with van der Waals surface area (Å²) in [4.78, 5) is 0. The van der Waals surface area contributed by atoms with Gasteiger partial charge in [-0.2, -0.15) is 0 Å². The van der Waals surface area contributed by atoms with Gasteiger partial charge in [-0.1, -0.05) is 0 Å². The topological polar surface area (TPSA) is 9.23 Å². The van der Waals surface area contributed by atoms with Crippen molar-refractivity contribution in [1.29, 1.82) is 0 Å². The molecule has 155 valence electrons. The smallest absolute Gasteiger partial charge is 0.147 e. The molecule has 1 nitrogen and oxygen atoms in total. The van der Waals surface area contributed by atoms with E-state index in [1.54, 1.807) is 3.88 Å². The summed E-state index contributed by atoms with van der Waals surface area (Å²) in [5.74, 6) is 1.08. The third kappa shape index (κ3) is 6.51. The van der Waals surface area contributed by atoms with Crippen molar-refractivity contribution in [3.63, 3.8) is 0 Å². The predicted molar refractivity (Wildman–Crippen MR) is 127 cm³/mol. The van der Waals surface area contributed by atoms with Crippen LogP contribution in [0, 0.1) is 12.3 Å². The van der Waals surface area contributed by atoms with Crippen molar-refractivity contribution in [2.75, 3.05) is 0 Å². The first kappa shape index (κ1) is 27.0. The molecule has 0 atom stereocenters. The molecule has 1 aliphatic rings. The van der Waals surface area contributed by atoms with Crippen molar-refractivity contribution in [3.05, 3.63) is 50.9 Å². The maximum Gasteiger partial charge on any atom is -0.147 e. The Hall–Kier alpha value is 0.0112. The van der Waals surface area contributed by atoms with Crippen LogP contribution in [-0.2, 0) is 20.4 Å². The van der Waals surface area contributed by atoms with Crippen LogP contribution in [0.15, 0.2) is 39.8 Å². The van der Waals surface area contributed by atoms with Gasteiger partial charge in [0.1, 0.15) is 0 Å². The van der Waals surface area contributed by atoms with Crippen LogP contribution in [0.4, 0.5) is 0 Å². The summed E-state index contributed by atoms with van der Waals surface area (Å²) in [6.45, 7) is 16.0. The van der Waals surface area contributed by atoms with Gasteiger partial charge in [0.05, 0.1) is 0 Å². The first-order chi connectivity index (χ1) is 11.1. The van der Waals surface area contributed by atoms with Gasteiger partial charge < -0.3 is 0 Å². The second-order valence-electron chi connectivity index (χ2n) is 11.1. The molecule has 0 bridgehead atoms. The van der Waals surface area contributed by atoms with E-state index in [1.165, 1.54) is 16.7 Å². The number of rotatable bonds is 3. The van der Waals surface area contributed by atoms with Crippen LogP contribution in [0.2, 0.25) is 10.5 Å². The minimum Gasteiger partial charge on any atom is -0.147 e. The number of hydrogen-bond acceptors (Lipinski definition) is 1. The summed E-state index contributed by atoms with van der Waals surface area (Å²) in [7, 11) is 1.11. The first-order valence-electron chi connectivity index (χ1n) is 9.52. The summed E-state index contributed by atoms with van der Waals surface area (Å²) >= 11 is -3.11. The summed E-state index contributed by atoms with van der Waals surface area (Å²) in [6, 6.07) is 6.80. The molecule has 2 rings (SSSR count). The van der Waals surface area contributed by atoms with Crippen LogP contribution in [0.25, 0.3) is 0 Å². The fourth-order valence-electron chi connectivity index (χ4n) is 3.73. The van der Waals surface area contributed by atoms with E-state index in [9.17, 15) is 0 Å².